The zero-order valence-corrected chi connectivity index (χ0v) is 11.4. The molecule has 2 atom stereocenters. The highest BCUT2D eigenvalue weighted by Gasteiger charge is 2.25. The third kappa shape index (κ3) is 3.19. The van der Waals surface area contributed by atoms with Crippen molar-refractivity contribution in [3.05, 3.63) is 17.6 Å². The molecule has 3 N–H and O–H groups in total. The minimum Gasteiger partial charge on any atom is -0.370 e. The maximum atomic E-state index is 5.81. The zero-order chi connectivity index (χ0) is 13.0. The fourth-order valence-electron chi connectivity index (χ4n) is 2.83. The van der Waals surface area contributed by atoms with Gasteiger partial charge in [-0.2, -0.15) is 0 Å². The molecule has 0 radical (unpaired) electrons. The van der Waals surface area contributed by atoms with Crippen LogP contribution in [0.3, 0.4) is 0 Å². The molecule has 0 spiro atoms. The van der Waals surface area contributed by atoms with Crippen LogP contribution in [0.1, 0.15) is 37.7 Å². The van der Waals surface area contributed by atoms with E-state index >= 15 is 0 Å². The van der Waals surface area contributed by atoms with Crippen LogP contribution in [0.15, 0.2) is 6.07 Å². The highest BCUT2D eigenvalue weighted by Crippen LogP contribution is 2.30. The van der Waals surface area contributed by atoms with Gasteiger partial charge in [0.05, 0.1) is 0 Å². The van der Waals surface area contributed by atoms with E-state index < -0.39 is 0 Å². The Morgan fingerprint density at radius 2 is 2.11 bits per heavy atom. The first-order chi connectivity index (χ1) is 8.72. The number of hydrogen-bond acceptors (Lipinski definition) is 4. The predicted octanol–water partition coefficient (Wildman–Crippen LogP) is 2.13. The summed E-state index contributed by atoms with van der Waals surface area (Å²) >= 11 is 0. The van der Waals surface area contributed by atoms with E-state index in [4.69, 9.17) is 5.73 Å². The fourth-order valence-corrected chi connectivity index (χ4v) is 2.83. The number of aromatic nitrogens is 2. The molecule has 18 heavy (non-hydrogen) atoms. The smallest absolute Gasteiger partial charge is 0.129 e. The van der Waals surface area contributed by atoms with Crippen LogP contribution in [-0.2, 0) is 6.42 Å². The summed E-state index contributed by atoms with van der Waals surface area (Å²) in [5.74, 6) is 3.20. The van der Waals surface area contributed by atoms with Gasteiger partial charge < -0.3 is 11.1 Å². The minimum absolute atomic E-state index is 0.686. The van der Waals surface area contributed by atoms with Crippen LogP contribution in [0.2, 0.25) is 0 Å². The van der Waals surface area contributed by atoms with Crippen LogP contribution in [-0.4, -0.2) is 23.1 Å². The normalized spacial score (nSPS) is 23.3. The van der Waals surface area contributed by atoms with Crippen molar-refractivity contribution in [3.63, 3.8) is 0 Å². The standard InChI is InChI=1S/C14H24N4/c1-3-13-7-14(18-10(2)17-13)16-9-12-6-4-5-11(12)8-15/h7,11-12H,3-6,8-9,15H2,1-2H3,(H,16,17,18). The van der Waals surface area contributed by atoms with Crippen LogP contribution in [0.25, 0.3) is 0 Å². The summed E-state index contributed by atoms with van der Waals surface area (Å²) in [7, 11) is 0. The molecule has 2 unspecified atom stereocenters. The van der Waals surface area contributed by atoms with Crippen LogP contribution in [0, 0.1) is 18.8 Å². The van der Waals surface area contributed by atoms with E-state index in [2.05, 4.69) is 28.3 Å². The van der Waals surface area contributed by atoms with Crippen molar-refractivity contribution in [1.29, 1.82) is 0 Å². The second-order valence-electron chi connectivity index (χ2n) is 5.21. The number of nitrogens with one attached hydrogen (secondary N) is 1. The Balaban J connectivity index is 1.95. The van der Waals surface area contributed by atoms with Gasteiger partial charge in [-0.3, -0.25) is 0 Å². The molecule has 1 fully saturated rings. The highest BCUT2D eigenvalue weighted by molar-refractivity contribution is 5.36. The summed E-state index contributed by atoms with van der Waals surface area (Å²) in [5.41, 5.74) is 6.91. The van der Waals surface area contributed by atoms with Gasteiger partial charge in [0.25, 0.3) is 0 Å². The molecule has 1 aromatic heterocycles. The molecule has 0 bridgehead atoms. The lowest BCUT2D eigenvalue weighted by Gasteiger charge is -2.18. The molecule has 1 saturated carbocycles. The SMILES string of the molecule is CCc1cc(NCC2CCCC2CN)nc(C)n1. The topological polar surface area (TPSA) is 63.8 Å². The van der Waals surface area contributed by atoms with Gasteiger partial charge in [0.15, 0.2) is 0 Å². The molecule has 1 aliphatic rings. The summed E-state index contributed by atoms with van der Waals surface area (Å²) in [5, 5.41) is 3.46. The molecule has 1 aromatic rings. The third-order valence-corrected chi connectivity index (χ3v) is 3.92. The molecule has 100 valence electrons. The lowest BCUT2D eigenvalue weighted by atomic mass is 9.96. The lowest BCUT2D eigenvalue weighted by molar-refractivity contribution is 0.414. The number of aryl methyl sites for hydroxylation is 2. The highest BCUT2D eigenvalue weighted by atomic mass is 15.0. The van der Waals surface area contributed by atoms with E-state index in [1.54, 1.807) is 0 Å². The van der Waals surface area contributed by atoms with Crippen molar-refractivity contribution in [3.8, 4) is 0 Å². The van der Waals surface area contributed by atoms with Crippen molar-refractivity contribution in [2.24, 2.45) is 17.6 Å². The Morgan fingerprint density at radius 3 is 2.83 bits per heavy atom. The van der Waals surface area contributed by atoms with E-state index in [1.165, 1.54) is 19.3 Å². The Morgan fingerprint density at radius 1 is 1.33 bits per heavy atom. The van der Waals surface area contributed by atoms with Gasteiger partial charge in [-0.15, -0.1) is 0 Å². The van der Waals surface area contributed by atoms with Crippen molar-refractivity contribution >= 4 is 5.82 Å². The predicted molar refractivity (Wildman–Crippen MR) is 74.5 cm³/mol. The van der Waals surface area contributed by atoms with Gasteiger partial charge in [0, 0.05) is 18.3 Å². The molecule has 4 heteroatoms. The minimum atomic E-state index is 0.686. The van der Waals surface area contributed by atoms with Crippen molar-refractivity contribution in [2.75, 3.05) is 18.4 Å². The first kappa shape index (κ1) is 13.3. The van der Waals surface area contributed by atoms with Crippen LogP contribution < -0.4 is 11.1 Å². The monoisotopic (exact) mass is 248 g/mol. The maximum absolute atomic E-state index is 5.81. The fraction of sp³-hybridized carbons (Fsp3) is 0.714. The van der Waals surface area contributed by atoms with E-state index in [0.717, 1.165) is 36.8 Å². The molecule has 2 rings (SSSR count). The maximum Gasteiger partial charge on any atom is 0.129 e. The summed E-state index contributed by atoms with van der Waals surface area (Å²) in [4.78, 5) is 8.83. The second-order valence-corrected chi connectivity index (χ2v) is 5.21. The van der Waals surface area contributed by atoms with Crippen LogP contribution in [0.4, 0.5) is 5.82 Å². The lowest BCUT2D eigenvalue weighted by Crippen LogP contribution is -2.24. The first-order valence-corrected chi connectivity index (χ1v) is 7.01. The van der Waals surface area contributed by atoms with Gasteiger partial charge in [-0.25, -0.2) is 9.97 Å². The molecule has 0 saturated heterocycles. The summed E-state index contributed by atoms with van der Waals surface area (Å²) in [6.45, 7) is 5.87. The Bertz CT molecular complexity index is 391. The third-order valence-electron chi connectivity index (χ3n) is 3.92. The molecule has 0 aliphatic heterocycles. The number of rotatable bonds is 5. The number of hydrogen-bond donors (Lipinski definition) is 2. The van der Waals surface area contributed by atoms with Crippen molar-refractivity contribution < 1.29 is 0 Å². The van der Waals surface area contributed by atoms with Gasteiger partial charge in [-0.05, 0) is 44.6 Å². The average Bonchev–Trinajstić information content (AvgIpc) is 2.83. The van der Waals surface area contributed by atoms with E-state index in [-0.39, 0.29) is 0 Å². The second kappa shape index (κ2) is 6.14. The van der Waals surface area contributed by atoms with Crippen LogP contribution >= 0.6 is 0 Å². The van der Waals surface area contributed by atoms with Gasteiger partial charge >= 0.3 is 0 Å². The molecule has 0 amide bonds. The Hall–Kier alpha value is -1.16. The van der Waals surface area contributed by atoms with E-state index in [0.29, 0.717) is 11.8 Å². The summed E-state index contributed by atoms with van der Waals surface area (Å²) in [6.07, 6.45) is 4.84. The quantitative estimate of drug-likeness (QED) is 0.838. The van der Waals surface area contributed by atoms with Crippen LogP contribution in [0.5, 0.6) is 0 Å². The van der Waals surface area contributed by atoms with Gasteiger partial charge in [-0.1, -0.05) is 13.3 Å². The molecule has 1 aliphatic carbocycles. The van der Waals surface area contributed by atoms with E-state index in [9.17, 15) is 0 Å². The van der Waals surface area contributed by atoms with Gasteiger partial charge in [0.1, 0.15) is 11.6 Å². The zero-order valence-electron chi connectivity index (χ0n) is 11.4. The largest absolute Gasteiger partial charge is 0.370 e. The van der Waals surface area contributed by atoms with E-state index in [1.807, 2.05) is 6.92 Å². The molecule has 0 aromatic carbocycles. The number of anilines is 1. The molecular formula is C14H24N4. The van der Waals surface area contributed by atoms with Crippen molar-refractivity contribution in [1.82, 2.24) is 9.97 Å². The Kier molecular flexibility index (Phi) is 4.53. The number of nitrogens with two attached hydrogens (primary N) is 1. The first-order valence-electron chi connectivity index (χ1n) is 7.01. The summed E-state index contributed by atoms with van der Waals surface area (Å²) < 4.78 is 0. The average molecular weight is 248 g/mol. The molecule has 4 nitrogen and oxygen atoms in total. The summed E-state index contributed by atoms with van der Waals surface area (Å²) in [6, 6.07) is 2.05. The molecular weight excluding hydrogens is 224 g/mol. The van der Waals surface area contributed by atoms with Crippen molar-refractivity contribution in [2.45, 2.75) is 39.5 Å². The Labute approximate surface area is 109 Å². The molecule has 1 heterocycles. The van der Waals surface area contributed by atoms with Gasteiger partial charge in [0.2, 0.25) is 0 Å². The number of nitrogens with zero attached hydrogens (tertiary/aromatic N) is 2.